The van der Waals surface area contributed by atoms with Crippen LogP contribution >= 0.6 is 0 Å². The molecule has 0 aromatic heterocycles. The van der Waals surface area contributed by atoms with Crippen LogP contribution in [0.15, 0.2) is 53.6 Å². The first kappa shape index (κ1) is 17.9. The van der Waals surface area contributed by atoms with Gasteiger partial charge in [0.1, 0.15) is 0 Å². The first-order chi connectivity index (χ1) is 11.9. The average Bonchev–Trinajstić information content (AvgIpc) is 2.60. The summed E-state index contributed by atoms with van der Waals surface area (Å²) in [6.45, 7) is 3.70. The number of rotatable bonds is 4. The second-order valence-corrected chi connectivity index (χ2v) is 5.40. The Labute approximate surface area is 144 Å². The van der Waals surface area contributed by atoms with Gasteiger partial charge in [0.2, 0.25) is 5.91 Å². The lowest BCUT2D eigenvalue weighted by Crippen LogP contribution is -2.33. The molecule has 0 spiro atoms. The largest absolute Gasteiger partial charge is 0.366 e. The van der Waals surface area contributed by atoms with Crippen molar-refractivity contribution in [3.05, 3.63) is 65.2 Å². The van der Waals surface area contributed by atoms with Crippen LogP contribution in [0.2, 0.25) is 0 Å². The zero-order valence-electron chi connectivity index (χ0n) is 13.9. The van der Waals surface area contributed by atoms with E-state index in [9.17, 15) is 14.4 Å². The highest BCUT2D eigenvalue weighted by atomic mass is 16.2. The highest BCUT2D eigenvalue weighted by Gasteiger charge is 2.13. The molecule has 0 bridgehead atoms. The Bertz CT molecular complexity index is 824. The smallest absolute Gasteiger partial charge is 0.329 e. The number of carbonyl (C=O) groups is 3. The highest BCUT2D eigenvalue weighted by molar-refractivity contribution is 6.39. The SMILES string of the molecule is CC(=NNC(=O)C(=O)Nc1ccc(C(N)=O)cc1)c1ccc(C)cc1. The summed E-state index contributed by atoms with van der Waals surface area (Å²) in [5.74, 6) is -2.34. The predicted molar refractivity (Wildman–Crippen MR) is 95.1 cm³/mol. The number of primary amides is 1. The zero-order chi connectivity index (χ0) is 18.4. The van der Waals surface area contributed by atoms with Crippen LogP contribution in [0, 0.1) is 6.92 Å². The number of hydrazone groups is 1. The molecule has 128 valence electrons. The third kappa shape index (κ3) is 5.00. The topological polar surface area (TPSA) is 114 Å². The number of amides is 3. The Morgan fingerprint density at radius 2 is 1.44 bits per heavy atom. The fourth-order valence-electron chi connectivity index (χ4n) is 1.95. The van der Waals surface area contributed by atoms with Crippen molar-refractivity contribution in [2.45, 2.75) is 13.8 Å². The van der Waals surface area contributed by atoms with Gasteiger partial charge in [-0.15, -0.1) is 0 Å². The lowest BCUT2D eigenvalue weighted by atomic mass is 10.1. The summed E-state index contributed by atoms with van der Waals surface area (Å²) in [6.07, 6.45) is 0. The van der Waals surface area contributed by atoms with Gasteiger partial charge >= 0.3 is 11.8 Å². The number of hydrogen-bond acceptors (Lipinski definition) is 4. The monoisotopic (exact) mass is 338 g/mol. The molecule has 0 fully saturated rings. The van der Waals surface area contributed by atoms with E-state index in [-0.39, 0.29) is 0 Å². The van der Waals surface area contributed by atoms with Gasteiger partial charge in [-0.2, -0.15) is 5.10 Å². The normalized spacial score (nSPS) is 10.9. The molecule has 4 N–H and O–H groups in total. The maximum atomic E-state index is 11.8. The molecular weight excluding hydrogens is 320 g/mol. The number of benzene rings is 2. The van der Waals surface area contributed by atoms with Crippen molar-refractivity contribution >= 4 is 29.1 Å². The van der Waals surface area contributed by atoms with Gasteiger partial charge < -0.3 is 11.1 Å². The first-order valence-electron chi connectivity index (χ1n) is 7.49. The molecule has 0 aliphatic heterocycles. The van der Waals surface area contributed by atoms with E-state index in [0.29, 0.717) is 17.0 Å². The van der Waals surface area contributed by atoms with E-state index in [0.717, 1.165) is 11.1 Å². The van der Waals surface area contributed by atoms with E-state index >= 15 is 0 Å². The van der Waals surface area contributed by atoms with Gasteiger partial charge in [-0.25, -0.2) is 5.43 Å². The minimum absolute atomic E-state index is 0.306. The molecule has 0 saturated heterocycles. The van der Waals surface area contributed by atoms with Crippen molar-refractivity contribution < 1.29 is 14.4 Å². The van der Waals surface area contributed by atoms with E-state index < -0.39 is 17.7 Å². The summed E-state index contributed by atoms with van der Waals surface area (Å²) >= 11 is 0. The van der Waals surface area contributed by atoms with Gasteiger partial charge in [-0.3, -0.25) is 14.4 Å². The number of carbonyl (C=O) groups excluding carboxylic acids is 3. The van der Waals surface area contributed by atoms with Gasteiger partial charge in [0.05, 0.1) is 5.71 Å². The number of hydrogen-bond donors (Lipinski definition) is 3. The highest BCUT2D eigenvalue weighted by Crippen LogP contribution is 2.09. The number of nitrogens with one attached hydrogen (secondary N) is 2. The Kier molecular flexibility index (Phi) is 5.62. The summed E-state index contributed by atoms with van der Waals surface area (Å²) in [5.41, 5.74) is 10.5. The number of aryl methyl sites for hydroxylation is 1. The minimum Gasteiger partial charge on any atom is -0.366 e. The molecule has 0 saturated carbocycles. The molecule has 25 heavy (non-hydrogen) atoms. The van der Waals surface area contributed by atoms with Crippen molar-refractivity contribution in [3.8, 4) is 0 Å². The molecule has 2 aromatic rings. The average molecular weight is 338 g/mol. The summed E-state index contributed by atoms with van der Waals surface area (Å²) in [5, 5.41) is 6.33. The number of nitrogens with two attached hydrogens (primary N) is 1. The van der Waals surface area contributed by atoms with E-state index in [4.69, 9.17) is 5.73 Å². The standard InChI is InChI=1S/C18H18N4O3/c1-11-3-5-13(6-4-11)12(2)21-22-18(25)17(24)20-15-9-7-14(8-10-15)16(19)23/h3-10H,1-2H3,(H2,19,23)(H,20,24)(H,22,25). The second kappa shape index (κ2) is 7.87. The lowest BCUT2D eigenvalue weighted by Gasteiger charge is -2.05. The Morgan fingerprint density at radius 3 is 2.00 bits per heavy atom. The Hall–Kier alpha value is -3.48. The first-order valence-corrected chi connectivity index (χ1v) is 7.49. The predicted octanol–water partition coefficient (Wildman–Crippen LogP) is 1.57. The third-order valence-electron chi connectivity index (χ3n) is 3.43. The van der Waals surface area contributed by atoms with Crippen molar-refractivity contribution in [1.82, 2.24) is 5.43 Å². The van der Waals surface area contributed by atoms with Crippen molar-refractivity contribution in [1.29, 1.82) is 0 Å². The summed E-state index contributed by atoms with van der Waals surface area (Å²) in [6, 6.07) is 13.5. The fourth-order valence-corrected chi connectivity index (χ4v) is 1.95. The van der Waals surface area contributed by atoms with Gasteiger partial charge in [-0.05, 0) is 43.7 Å². The van der Waals surface area contributed by atoms with Crippen LogP contribution < -0.4 is 16.5 Å². The Morgan fingerprint density at radius 1 is 0.880 bits per heavy atom. The molecule has 3 amide bonds. The van der Waals surface area contributed by atoms with Crippen LogP contribution in [0.5, 0.6) is 0 Å². The summed E-state index contributed by atoms with van der Waals surface area (Å²) in [7, 11) is 0. The van der Waals surface area contributed by atoms with Gasteiger partial charge in [0, 0.05) is 11.3 Å². The maximum Gasteiger partial charge on any atom is 0.329 e. The van der Waals surface area contributed by atoms with Crippen molar-refractivity contribution in [3.63, 3.8) is 0 Å². The number of nitrogens with zero attached hydrogens (tertiary/aromatic N) is 1. The summed E-state index contributed by atoms with van der Waals surface area (Å²) in [4.78, 5) is 34.6. The molecule has 0 heterocycles. The molecule has 0 unspecified atom stereocenters. The zero-order valence-corrected chi connectivity index (χ0v) is 13.9. The van der Waals surface area contributed by atoms with E-state index in [2.05, 4.69) is 15.8 Å². The summed E-state index contributed by atoms with van der Waals surface area (Å²) < 4.78 is 0. The molecule has 0 radical (unpaired) electrons. The molecule has 2 rings (SSSR count). The number of anilines is 1. The van der Waals surface area contributed by atoms with Gasteiger partial charge in [0.25, 0.3) is 0 Å². The minimum atomic E-state index is -0.898. The molecule has 0 aliphatic rings. The molecular formula is C18H18N4O3. The Balaban J connectivity index is 1.95. The van der Waals surface area contributed by atoms with Crippen molar-refractivity contribution in [2.24, 2.45) is 10.8 Å². The molecule has 0 aliphatic carbocycles. The van der Waals surface area contributed by atoms with Crippen LogP contribution in [0.25, 0.3) is 0 Å². The molecule has 7 nitrogen and oxygen atoms in total. The molecule has 2 aromatic carbocycles. The van der Waals surface area contributed by atoms with E-state index in [1.54, 1.807) is 6.92 Å². The van der Waals surface area contributed by atoms with Gasteiger partial charge in [-0.1, -0.05) is 29.8 Å². The molecule has 0 atom stereocenters. The van der Waals surface area contributed by atoms with Crippen LogP contribution in [0.1, 0.15) is 28.4 Å². The van der Waals surface area contributed by atoms with Gasteiger partial charge in [0.15, 0.2) is 0 Å². The lowest BCUT2D eigenvalue weighted by molar-refractivity contribution is -0.136. The maximum absolute atomic E-state index is 11.8. The van der Waals surface area contributed by atoms with E-state index in [1.807, 2.05) is 31.2 Å². The third-order valence-corrected chi connectivity index (χ3v) is 3.43. The van der Waals surface area contributed by atoms with Crippen LogP contribution in [0.3, 0.4) is 0 Å². The van der Waals surface area contributed by atoms with Crippen molar-refractivity contribution in [2.75, 3.05) is 5.32 Å². The van der Waals surface area contributed by atoms with Crippen LogP contribution in [-0.2, 0) is 9.59 Å². The van der Waals surface area contributed by atoms with Crippen LogP contribution in [-0.4, -0.2) is 23.4 Å². The molecule has 7 heteroatoms. The fraction of sp³-hybridized carbons (Fsp3) is 0.111. The van der Waals surface area contributed by atoms with Crippen LogP contribution in [0.4, 0.5) is 5.69 Å². The van der Waals surface area contributed by atoms with E-state index in [1.165, 1.54) is 24.3 Å². The second-order valence-electron chi connectivity index (χ2n) is 5.40. The quantitative estimate of drug-likeness (QED) is 0.446.